The van der Waals surface area contributed by atoms with Crippen molar-refractivity contribution in [2.24, 2.45) is 5.92 Å². The number of benzene rings is 1. The maximum Gasteiger partial charge on any atom is 0.230 e. The minimum atomic E-state index is 0.634. The molecule has 6 heteroatoms. The van der Waals surface area contributed by atoms with Gasteiger partial charge in [0.1, 0.15) is 0 Å². The molecule has 0 amide bonds. The van der Waals surface area contributed by atoms with Gasteiger partial charge in [0.15, 0.2) is 0 Å². The second kappa shape index (κ2) is 6.41. The number of ether oxygens (including phenoxy) is 1. The van der Waals surface area contributed by atoms with Gasteiger partial charge in [-0.3, -0.25) is 4.57 Å². The summed E-state index contributed by atoms with van der Waals surface area (Å²) in [6.45, 7) is 2.82. The molecule has 1 N–H and O–H groups in total. The summed E-state index contributed by atoms with van der Waals surface area (Å²) in [5, 5.41) is 7.35. The molecule has 0 spiro atoms. The van der Waals surface area contributed by atoms with E-state index in [2.05, 4.69) is 15.1 Å². The lowest BCUT2D eigenvalue weighted by Crippen LogP contribution is -2.36. The van der Waals surface area contributed by atoms with E-state index < -0.39 is 0 Å². The summed E-state index contributed by atoms with van der Waals surface area (Å²) in [5.41, 5.74) is 1.05. The molecule has 0 unspecified atom stereocenters. The van der Waals surface area contributed by atoms with Gasteiger partial charge in [-0.1, -0.05) is 18.2 Å². The smallest absolute Gasteiger partial charge is 0.230 e. The number of hydrogen-bond acceptors (Lipinski definition) is 4. The van der Waals surface area contributed by atoms with E-state index in [1.807, 2.05) is 34.9 Å². The lowest BCUT2D eigenvalue weighted by Gasteiger charge is -2.32. The van der Waals surface area contributed by atoms with E-state index in [1.165, 1.54) is 0 Å². The van der Waals surface area contributed by atoms with Gasteiger partial charge in [0.05, 0.1) is 5.69 Å². The molecule has 21 heavy (non-hydrogen) atoms. The Morgan fingerprint density at radius 3 is 2.67 bits per heavy atom. The summed E-state index contributed by atoms with van der Waals surface area (Å²) in [5.74, 6) is 1.56. The van der Waals surface area contributed by atoms with Gasteiger partial charge in [-0.25, -0.2) is 5.10 Å². The van der Waals surface area contributed by atoms with E-state index in [0.29, 0.717) is 10.7 Å². The third kappa shape index (κ3) is 3.01. The van der Waals surface area contributed by atoms with Crippen LogP contribution in [0.2, 0.25) is 0 Å². The lowest BCUT2D eigenvalue weighted by molar-refractivity contribution is 0.139. The van der Waals surface area contributed by atoms with Crippen molar-refractivity contribution in [1.82, 2.24) is 14.8 Å². The number of rotatable bonds is 4. The first-order valence-electron chi connectivity index (χ1n) is 7.26. The Bertz CT molecular complexity index is 629. The first-order chi connectivity index (χ1) is 10.3. The van der Waals surface area contributed by atoms with Gasteiger partial charge in [-0.2, -0.15) is 0 Å². The van der Waals surface area contributed by atoms with Crippen LogP contribution in [0.5, 0.6) is 0 Å². The van der Waals surface area contributed by atoms with Crippen LogP contribution in [0, 0.1) is 10.7 Å². The molecule has 0 atom stereocenters. The van der Waals surface area contributed by atoms with Crippen LogP contribution >= 0.6 is 12.2 Å². The highest BCUT2D eigenvalue weighted by molar-refractivity contribution is 7.71. The van der Waals surface area contributed by atoms with Gasteiger partial charge in [-0.05, 0) is 43.1 Å². The van der Waals surface area contributed by atoms with Crippen molar-refractivity contribution >= 4 is 18.2 Å². The van der Waals surface area contributed by atoms with Crippen molar-refractivity contribution in [3.8, 4) is 5.69 Å². The van der Waals surface area contributed by atoms with Gasteiger partial charge in [0.25, 0.3) is 0 Å². The van der Waals surface area contributed by atoms with E-state index in [1.54, 1.807) is 7.11 Å². The predicted molar refractivity (Wildman–Crippen MR) is 85.6 cm³/mol. The van der Waals surface area contributed by atoms with E-state index in [-0.39, 0.29) is 0 Å². The van der Waals surface area contributed by atoms with Gasteiger partial charge in [0.2, 0.25) is 10.7 Å². The highest BCUT2D eigenvalue weighted by atomic mass is 32.1. The Balaban J connectivity index is 1.83. The van der Waals surface area contributed by atoms with Crippen molar-refractivity contribution in [1.29, 1.82) is 0 Å². The summed E-state index contributed by atoms with van der Waals surface area (Å²) in [6, 6.07) is 10.1. The summed E-state index contributed by atoms with van der Waals surface area (Å²) in [7, 11) is 1.77. The average Bonchev–Trinajstić information content (AvgIpc) is 2.91. The molecule has 0 saturated carbocycles. The fourth-order valence-corrected chi connectivity index (χ4v) is 3.08. The summed E-state index contributed by atoms with van der Waals surface area (Å²) in [4.78, 5) is 2.30. The quantitative estimate of drug-likeness (QED) is 0.882. The standard InChI is InChI=1S/C15H20N4OS/c1-20-11-12-7-9-18(10-8-12)14-16-17-15(21)19(14)13-5-3-2-4-6-13/h2-6,12H,7-11H2,1H3,(H,17,21). The molecule has 0 aliphatic carbocycles. The molecule has 1 aromatic carbocycles. The number of aromatic amines is 1. The van der Waals surface area contributed by atoms with Gasteiger partial charge in [0, 0.05) is 26.8 Å². The van der Waals surface area contributed by atoms with Crippen LogP contribution in [0.1, 0.15) is 12.8 Å². The maximum absolute atomic E-state index is 5.39. The fourth-order valence-electron chi connectivity index (χ4n) is 2.85. The Kier molecular flexibility index (Phi) is 4.36. The van der Waals surface area contributed by atoms with E-state index in [0.717, 1.165) is 44.2 Å². The normalized spacial score (nSPS) is 16.3. The number of piperidine rings is 1. The van der Waals surface area contributed by atoms with Crippen molar-refractivity contribution in [2.75, 3.05) is 31.7 Å². The van der Waals surface area contributed by atoms with Gasteiger partial charge < -0.3 is 9.64 Å². The molecule has 1 saturated heterocycles. The predicted octanol–water partition coefficient (Wildman–Crippen LogP) is 2.79. The number of para-hydroxylation sites is 1. The fraction of sp³-hybridized carbons (Fsp3) is 0.467. The Labute approximate surface area is 129 Å². The number of anilines is 1. The molecule has 1 fully saturated rings. The topological polar surface area (TPSA) is 46.1 Å². The molecule has 0 radical (unpaired) electrons. The second-order valence-electron chi connectivity index (χ2n) is 5.39. The Morgan fingerprint density at radius 1 is 1.29 bits per heavy atom. The molecular formula is C15H20N4OS. The third-order valence-corrected chi connectivity index (χ3v) is 4.24. The second-order valence-corrected chi connectivity index (χ2v) is 5.77. The molecule has 5 nitrogen and oxygen atoms in total. The first-order valence-corrected chi connectivity index (χ1v) is 7.67. The largest absolute Gasteiger partial charge is 0.384 e. The number of aromatic nitrogens is 3. The van der Waals surface area contributed by atoms with Crippen molar-refractivity contribution in [2.45, 2.75) is 12.8 Å². The summed E-state index contributed by atoms with van der Waals surface area (Å²) >= 11 is 5.39. The zero-order valence-corrected chi connectivity index (χ0v) is 13.0. The third-order valence-electron chi connectivity index (χ3n) is 3.97. The summed E-state index contributed by atoms with van der Waals surface area (Å²) in [6.07, 6.45) is 2.25. The minimum absolute atomic E-state index is 0.634. The molecule has 2 heterocycles. The van der Waals surface area contributed by atoms with Crippen LogP contribution in [0.4, 0.5) is 5.95 Å². The molecule has 0 bridgehead atoms. The molecule has 1 aliphatic heterocycles. The Hall–Kier alpha value is -1.66. The van der Waals surface area contributed by atoms with Gasteiger partial charge in [-0.15, -0.1) is 5.10 Å². The lowest BCUT2D eigenvalue weighted by atomic mass is 9.98. The molecular weight excluding hydrogens is 284 g/mol. The van der Waals surface area contributed by atoms with E-state index in [4.69, 9.17) is 17.0 Å². The van der Waals surface area contributed by atoms with E-state index >= 15 is 0 Å². The molecule has 3 rings (SSSR count). The van der Waals surface area contributed by atoms with Crippen LogP contribution in [0.15, 0.2) is 30.3 Å². The molecule has 2 aromatic rings. The number of methoxy groups -OCH3 is 1. The maximum atomic E-state index is 5.39. The summed E-state index contributed by atoms with van der Waals surface area (Å²) < 4.78 is 7.90. The zero-order chi connectivity index (χ0) is 14.7. The number of nitrogens with one attached hydrogen (secondary N) is 1. The highest BCUT2D eigenvalue weighted by Gasteiger charge is 2.23. The average molecular weight is 304 g/mol. The van der Waals surface area contributed by atoms with Crippen LogP contribution in [-0.4, -0.2) is 41.6 Å². The first kappa shape index (κ1) is 14.3. The number of H-pyrrole nitrogens is 1. The van der Waals surface area contributed by atoms with Crippen LogP contribution in [0.25, 0.3) is 5.69 Å². The van der Waals surface area contributed by atoms with Crippen molar-refractivity contribution < 1.29 is 4.74 Å². The van der Waals surface area contributed by atoms with Crippen LogP contribution < -0.4 is 4.90 Å². The Morgan fingerprint density at radius 2 is 2.00 bits per heavy atom. The van der Waals surface area contributed by atoms with Gasteiger partial charge >= 0.3 is 0 Å². The minimum Gasteiger partial charge on any atom is -0.384 e. The highest BCUT2D eigenvalue weighted by Crippen LogP contribution is 2.24. The van der Waals surface area contributed by atoms with Crippen molar-refractivity contribution in [3.05, 3.63) is 35.1 Å². The van der Waals surface area contributed by atoms with E-state index in [9.17, 15) is 0 Å². The van der Waals surface area contributed by atoms with Crippen LogP contribution in [0.3, 0.4) is 0 Å². The molecule has 1 aliphatic rings. The molecule has 112 valence electrons. The number of hydrogen-bond donors (Lipinski definition) is 1. The number of nitrogens with zero attached hydrogens (tertiary/aromatic N) is 3. The zero-order valence-electron chi connectivity index (χ0n) is 12.2. The van der Waals surface area contributed by atoms with Crippen LogP contribution in [-0.2, 0) is 4.74 Å². The SMILES string of the molecule is COCC1CCN(c2n[nH]c(=S)n2-c2ccccc2)CC1. The molecule has 1 aromatic heterocycles. The van der Waals surface area contributed by atoms with Crippen molar-refractivity contribution in [3.63, 3.8) is 0 Å². The monoisotopic (exact) mass is 304 g/mol.